The van der Waals surface area contributed by atoms with Crippen molar-refractivity contribution in [3.63, 3.8) is 0 Å². The van der Waals surface area contributed by atoms with Gasteiger partial charge in [-0.05, 0) is 24.3 Å². The predicted molar refractivity (Wildman–Crippen MR) is 80.1 cm³/mol. The summed E-state index contributed by atoms with van der Waals surface area (Å²) in [6.07, 6.45) is 2.19. The number of aromatic nitrogens is 1. The van der Waals surface area contributed by atoms with E-state index in [9.17, 15) is 26.7 Å². The Kier molecular flexibility index (Phi) is 6.13. The van der Waals surface area contributed by atoms with E-state index in [2.05, 4.69) is 4.98 Å². The Morgan fingerprint density at radius 1 is 1.00 bits per heavy atom. The Balaban J connectivity index is 1.91. The molecule has 0 atom stereocenters. The third-order valence-electron chi connectivity index (χ3n) is 2.94. The van der Waals surface area contributed by atoms with Crippen LogP contribution in [0.1, 0.15) is 5.69 Å². The Bertz CT molecular complexity index is 713. The first-order chi connectivity index (χ1) is 11.4. The molecule has 0 bridgehead atoms. The third kappa shape index (κ3) is 4.22. The van der Waals surface area contributed by atoms with Crippen molar-refractivity contribution in [3.8, 4) is 0 Å². The largest absolute Gasteiger partial charge is 0.320 e. The van der Waals surface area contributed by atoms with Crippen LogP contribution >= 0.6 is 11.8 Å². The SMILES string of the molecule is O=C(CSCCc1ccccn1)Nc1c(F)c(F)c(F)c(F)c1F. The summed E-state index contributed by atoms with van der Waals surface area (Å²) in [6.45, 7) is 0. The topological polar surface area (TPSA) is 42.0 Å². The lowest BCUT2D eigenvalue weighted by atomic mass is 10.2. The highest BCUT2D eigenvalue weighted by molar-refractivity contribution is 7.99. The second kappa shape index (κ2) is 8.09. The van der Waals surface area contributed by atoms with Crippen LogP contribution in [0.25, 0.3) is 0 Å². The van der Waals surface area contributed by atoms with Crippen molar-refractivity contribution in [2.24, 2.45) is 0 Å². The molecule has 128 valence electrons. The molecule has 1 amide bonds. The summed E-state index contributed by atoms with van der Waals surface area (Å²) in [5, 5.41) is 1.71. The quantitative estimate of drug-likeness (QED) is 0.369. The summed E-state index contributed by atoms with van der Waals surface area (Å²) >= 11 is 1.14. The number of carbonyl (C=O) groups is 1. The van der Waals surface area contributed by atoms with Crippen molar-refractivity contribution < 1.29 is 26.7 Å². The van der Waals surface area contributed by atoms with E-state index in [-0.39, 0.29) is 5.75 Å². The average Bonchev–Trinajstić information content (AvgIpc) is 2.60. The molecule has 0 aliphatic heterocycles. The van der Waals surface area contributed by atoms with Gasteiger partial charge >= 0.3 is 0 Å². The maximum atomic E-state index is 13.4. The van der Waals surface area contributed by atoms with Crippen molar-refractivity contribution in [2.75, 3.05) is 16.8 Å². The van der Waals surface area contributed by atoms with Gasteiger partial charge in [-0.25, -0.2) is 22.0 Å². The van der Waals surface area contributed by atoms with Gasteiger partial charge in [-0.3, -0.25) is 9.78 Å². The van der Waals surface area contributed by atoms with Crippen molar-refractivity contribution in [1.29, 1.82) is 0 Å². The van der Waals surface area contributed by atoms with Gasteiger partial charge < -0.3 is 5.32 Å². The molecule has 0 spiro atoms. The Morgan fingerprint density at radius 2 is 1.62 bits per heavy atom. The molecule has 2 rings (SSSR count). The summed E-state index contributed by atoms with van der Waals surface area (Å²) < 4.78 is 65.8. The first-order valence-corrected chi connectivity index (χ1v) is 7.86. The van der Waals surface area contributed by atoms with Crippen LogP contribution in [-0.4, -0.2) is 22.4 Å². The van der Waals surface area contributed by atoms with Crippen LogP contribution in [0.5, 0.6) is 0 Å². The molecule has 2 aromatic rings. The predicted octanol–water partition coefficient (Wildman–Crippen LogP) is 3.69. The molecule has 0 unspecified atom stereocenters. The number of amides is 1. The van der Waals surface area contributed by atoms with E-state index in [1.54, 1.807) is 23.6 Å². The van der Waals surface area contributed by atoms with E-state index in [4.69, 9.17) is 0 Å². The van der Waals surface area contributed by atoms with Gasteiger partial charge in [0.05, 0.1) is 5.75 Å². The summed E-state index contributed by atoms with van der Waals surface area (Å²) in [5.74, 6) is -11.2. The average molecular weight is 362 g/mol. The highest BCUT2D eigenvalue weighted by Crippen LogP contribution is 2.27. The van der Waals surface area contributed by atoms with E-state index in [1.807, 2.05) is 6.07 Å². The monoisotopic (exact) mass is 362 g/mol. The van der Waals surface area contributed by atoms with Gasteiger partial charge in [0.25, 0.3) is 0 Å². The molecule has 1 aromatic carbocycles. The van der Waals surface area contributed by atoms with E-state index in [0.717, 1.165) is 17.5 Å². The van der Waals surface area contributed by atoms with Gasteiger partial charge in [0.2, 0.25) is 11.7 Å². The zero-order valence-corrected chi connectivity index (χ0v) is 12.9. The first-order valence-electron chi connectivity index (χ1n) is 6.70. The minimum atomic E-state index is -2.27. The fourth-order valence-corrected chi connectivity index (χ4v) is 2.53. The van der Waals surface area contributed by atoms with Gasteiger partial charge in [0.1, 0.15) is 5.69 Å². The van der Waals surface area contributed by atoms with Gasteiger partial charge in [-0.2, -0.15) is 11.8 Å². The molecule has 1 heterocycles. The number of hydrogen-bond donors (Lipinski definition) is 1. The van der Waals surface area contributed by atoms with E-state index in [0.29, 0.717) is 12.2 Å². The summed E-state index contributed by atoms with van der Waals surface area (Å²) in [6, 6.07) is 5.37. The lowest BCUT2D eigenvalue weighted by Gasteiger charge is -2.09. The molecule has 0 aliphatic rings. The molecule has 24 heavy (non-hydrogen) atoms. The number of nitrogens with one attached hydrogen (secondary N) is 1. The van der Waals surface area contributed by atoms with Crippen LogP contribution in [0.3, 0.4) is 0 Å². The highest BCUT2D eigenvalue weighted by atomic mass is 32.2. The third-order valence-corrected chi connectivity index (χ3v) is 3.90. The molecule has 0 radical (unpaired) electrons. The van der Waals surface area contributed by atoms with E-state index < -0.39 is 40.7 Å². The second-order valence-electron chi connectivity index (χ2n) is 4.62. The molecule has 9 heteroatoms. The first kappa shape index (κ1) is 18.2. The number of carbonyl (C=O) groups excluding carboxylic acids is 1. The number of halogens is 5. The Morgan fingerprint density at radius 3 is 2.21 bits per heavy atom. The standard InChI is InChI=1S/C15H11F5N2OS/c16-10-11(17)13(19)15(14(20)12(10)18)22-9(23)7-24-6-4-8-3-1-2-5-21-8/h1-3,5H,4,6-7H2,(H,22,23). The number of hydrogen-bond acceptors (Lipinski definition) is 3. The number of thioether (sulfide) groups is 1. The molecular weight excluding hydrogens is 351 g/mol. The van der Waals surface area contributed by atoms with Crippen molar-refractivity contribution in [2.45, 2.75) is 6.42 Å². The maximum Gasteiger partial charge on any atom is 0.234 e. The normalized spacial score (nSPS) is 10.7. The fraction of sp³-hybridized carbons (Fsp3) is 0.200. The maximum absolute atomic E-state index is 13.4. The molecule has 1 aromatic heterocycles. The van der Waals surface area contributed by atoms with Crippen LogP contribution < -0.4 is 5.32 Å². The number of nitrogens with zero attached hydrogens (tertiary/aromatic N) is 1. The smallest absolute Gasteiger partial charge is 0.234 e. The van der Waals surface area contributed by atoms with Crippen molar-refractivity contribution in [1.82, 2.24) is 4.98 Å². The van der Waals surface area contributed by atoms with Gasteiger partial charge in [-0.1, -0.05) is 6.07 Å². The lowest BCUT2D eigenvalue weighted by molar-refractivity contribution is -0.113. The van der Waals surface area contributed by atoms with Gasteiger partial charge in [0.15, 0.2) is 23.3 Å². The summed E-state index contributed by atoms with van der Waals surface area (Å²) in [4.78, 5) is 15.7. The lowest BCUT2D eigenvalue weighted by Crippen LogP contribution is -2.18. The molecule has 0 fully saturated rings. The Labute approximate surface area is 138 Å². The van der Waals surface area contributed by atoms with Crippen LogP contribution in [0, 0.1) is 29.1 Å². The fourth-order valence-electron chi connectivity index (χ4n) is 1.78. The molecule has 0 aliphatic carbocycles. The number of anilines is 1. The number of rotatable bonds is 6. The molecule has 3 nitrogen and oxygen atoms in total. The number of pyridine rings is 1. The summed E-state index contributed by atoms with van der Waals surface area (Å²) in [7, 11) is 0. The summed E-state index contributed by atoms with van der Waals surface area (Å²) in [5.41, 5.74) is -0.535. The minimum Gasteiger partial charge on any atom is -0.320 e. The van der Waals surface area contributed by atoms with E-state index >= 15 is 0 Å². The second-order valence-corrected chi connectivity index (χ2v) is 5.72. The van der Waals surface area contributed by atoms with Crippen LogP contribution in [0.15, 0.2) is 24.4 Å². The van der Waals surface area contributed by atoms with Gasteiger partial charge in [0, 0.05) is 11.9 Å². The molecule has 0 saturated heterocycles. The zero-order chi connectivity index (χ0) is 17.7. The van der Waals surface area contributed by atoms with Crippen molar-refractivity contribution >= 4 is 23.4 Å². The van der Waals surface area contributed by atoms with E-state index in [1.165, 1.54) is 0 Å². The van der Waals surface area contributed by atoms with Gasteiger partial charge in [-0.15, -0.1) is 0 Å². The zero-order valence-electron chi connectivity index (χ0n) is 12.1. The number of aryl methyl sites for hydroxylation is 1. The van der Waals surface area contributed by atoms with Crippen molar-refractivity contribution in [3.05, 3.63) is 59.2 Å². The van der Waals surface area contributed by atoms with Crippen LogP contribution in [0.4, 0.5) is 27.6 Å². The Hall–Kier alpha value is -2.16. The van der Waals surface area contributed by atoms with Crippen LogP contribution in [-0.2, 0) is 11.2 Å². The van der Waals surface area contributed by atoms with Crippen LogP contribution in [0.2, 0.25) is 0 Å². The highest BCUT2D eigenvalue weighted by Gasteiger charge is 2.26. The molecule has 0 saturated carbocycles. The molecule has 1 N–H and O–H groups in total. The number of benzene rings is 1. The molecular formula is C15H11F5N2OS. The minimum absolute atomic E-state index is 0.202.